The maximum atomic E-state index is 12.9. The molecule has 0 saturated heterocycles. The van der Waals surface area contributed by atoms with Gasteiger partial charge in [-0.05, 0) is 51.4 Å². The van der Waals surface area contributed by atoms with Gasteiger partial charge >= 0.3 is 17.9 Å². The maximum Gasteiger partial charge on any atom is 0.306 e. The summed E-state index contributed by atoms with van der Waals surface area (Å²) in [6, 6.07) is 0. The number of carbonyl (C=O) groups excluding carboxylic acids is 3. The Morgan fingerprint density at radius 2 is 0.500 bits per heavy atom. The highest BCUT2D eigenvalue weighted by Gasteiger charge is 2.19. The molecule has 72 heavy (non-hydrogen) atoms. The van der Waals surface area contributed by atoms with Gasteiger partial charge in [-0.15, -0.1) is 0 Å². The lowest BCUT2D eigenvalue weighted by molar-refractivity contribution is -0.167. The molecule has 0 amide bonds. The van der Waals surface area contributed by atoms with E-state index < -0.39 is 6.10 Å². The van der Waals surface area contributed by atoms with Crippen LogP contribution in [0.25, 0.3) is 0 Å². The third-order valence-electron chi connectivity index (χ3n) is 14.7. The van der Waals surface area contributed by atoms with E-state index in [0.717, 1.165) is 64.2 Å². The quantitative estimate of drug-likeness (QED) is 0.0261. The Bertz CT molecular complexity index is 1160. The number of hydrogen-bond donors (Lipinski definition) is 0. The van der Waals surface area contributed by atoms with E-state index in [-0.39, 0.29) is 31.1 Å². The van der Waals surface area contributed by atoms with E-state index in [1.165, 1.54) is 257 Å². The fourth-order valence-electron chi connectivity index (χ4n) is 9.83. The van der Waals surface area contributed by atoms with Crippen molar-refractivity contribution in [2.24, 2.45) is 0 Å². The second-order valence-corrected chi connectivity index (χ2v) is 22.0. The molecule has 0 radical (unpaired) electrons. The number of unbranched alkanes of at least 4 members (excludes halogenated alkanes) is 45. The van der Waals surface area contributed by atoms with Crippen LogP contribution in [-0.2, 0) is 28.6 Å². The molecule has 0 N–H and O–H groups in total. The molecule has 0 aliphatic heterocycles. The van der Waals surface area contributed by atoms with Gasteiger partial charge < -0.3 is 14.2 Å². The molecule has 0 aromatic heterocycles. The fourth-order valence-corrected chi connectivity index (χ4v) is 9.83. The van der Waals surface area contributed by atoms with Crippen LogP contribution in [0.5, 0.6) is 0 Å². The zero-order valence-electron chi connectivity index (χ0n) is 48.7. The minimum absolute atomic E-state index is 0.0660. The van der Waals surface area contributed by atoms with Crippen molar-refractivity contribution in [3.8, 4) is 0 Å². The summed E-state index contributed by atoms with van der Waals surface area (Å²) in [4.78, 5) is 38.3. The molecule has 424 valence electrons. The molecule has 0 aromatic rings. The summed E-state index contributed by atoms with van der Waals surface area (Å²) in [6.07, 6.45) is 73.2. The van der Waals surface area contributed by atoms with E-state index in [1.807, 2.05) is 0 Å². The standard InChI is InChI=1S/C66H124O6/c1-4-7-10-13-16-19-22-25-28-31-33-35-38-41-44-47-50-53-56-59-65(68)71-62-63(61-70-64(67)58-55-52-49-46-43-40-37-30-27-24-21-18-15-12-9-6-3)72-66(69)60-57-54-51-48-45-42-39-36-34-32-29-26-23-20-17-14-11-8-5-2/h16,19,25,28,63H,4-15,17-18,20-24,26-27,29-62H2,1-3H3/b19-16+,28-25+/t63-/m1/s1. The first-order valence-corrected chi connectivity index (χ1v) is 32.3. The fraction of sp³-hybridized carbons (Fsp3) is 0.894. The summed E-state index contributed by atoms with van der Waals surface area (Å²) in [7, 11) is 0. The zero-order valence-corrected chi connectivity index (χ0v) is 48.7. The summed E-state index contributed by atoms with van der Waals surface area (Å²) in [5.74, 6) is -0.841. The minimum Gasteiger partial charge on any atom is -0.462 e. The molecule has 0 bridgehead atoms. The Hall–Kier alpha value is -2.11. The lowest BCUT2D eigenvalue weighted by Crippen LogP contribution is -2.30. The predicted octanol–water partition coefficient (Wildman–Crippen LogP) is 21.8. The summed E-state index contributed by atoms with van der Waals surface area (Å²) < 4.78 is 17.0. The van der Waals surface area contributed by atoms with Crippen molar-refractivity contribution in [3.63, 3.8) is 0 Å². The van der Waals surface area contributed by atoms with Gasteiger partial charge in [0, 0.05) is 19.3 Å². The van der Waals surface area contributed by atoms with E-state index in [0.29, 0.717) is 19.3 Å². The number of esters is 3. The molecule has 0 unspecified atom stereocenters. The number of rotatable bonds is 60. The number of carbonyl (C=O) groups is 3. The van der Waals surface area contributed by atoms with Gasteiger partial charge in [0.05, 0.1) is 0 Å². The van der Waals surface area contributed by atoms with Crippen LogP contribution in [0.2, 0.25) is 0 Å². The summed E-state index contributed by atoms with van der Waals surface area (Å²) >= 11 is 0. The Morgan fingerprint density at radius 3 is 0.792 bits per heavy atom. The molecule has 6 nitrogen and oxygen atoms in total. The smallest absolute Gasteiger partial charge is 0.306 e. The Balaban J connectivity index is 4.31. The third kappa shape index (κ3) is 58.8. The van der Waals surface area contributed by atoms with Crippen LogP contribution in [0.15, 0.2) is 24.3 Å². The Kier molecular flexibility index (Phi) is 59.6. The second kappa shape index (κ2) is 61.4. The van der Waals surface area contributed by atoms with Crippen molar-refractivity contribution >= 4 is 17.9 Å². The molecule has 0 heterocycles. The molecular formula is C66H124O6. The van der Waals surface area contributed by atoms with Crippen molar-refractivity contribution in [1.29, 1.82) is 0 Å². The van der Waals surface area contributed by atoms with Gasteiger partial charge in [0.2, 0.25) is 0 Å². The van der Waals surface area contributed by atoms with Gasteiger partial charge in [-0.3, -0.25) is 14.4 Å². The van der Waals surface area contributed by atoms with Gasteiger partial charge in [0.15, 0.2) is 6.10 Å². The topological polar surface area (TPSA) is 78.9 Å². The van der Waals surface area contributed by atoms with Crippen LogP contribution in [0.1, 0.15) is 361 Å². The highest BCUT2D eigenvalue weighted by molar-refractivity contribution is 5.71. The van der Waals surface area contributed by atoms with Crippen molar-refractivity contribution in [3.05, 3.63) is 24.3 Å². The summed E-state index contributed by atoms with van der Waals surface area (Å²) in [5, 5.41) is 0. The second-order valence-electron chi connectivity index (χ2n) is 22.0. The van der Waals surface area contributed by atoms with Crippen LogP contribution in [0, 0.1) is 0 Å². The normalized spacial score (nSPS) is 12.1. The van der Waals surface area contributed by atoms with Crippen molar-refractivity contribution in [2.45, 2.75) is 367 Å². The van der Waals surface area contributed by atoms with E-state index >= 15 is 0 Å². The van der Waals surface area contributed by atoms with E-state index in [1.54, 1.807) is 0 Å². The van der Waals surface area contributed by atoms with Crippen LogP contribution in [0.3, 0.4) is 0 Å². The van der Waals surface area contributed by atoms with Gasteiger partial charge in [-0.25, -0.2) is 0 Å². The monoisotopic (exact) mass is 1010 g/mol. The number of ether oxygens (including phenoxy) is 3. The molecule has 1 atom stereocenters. The molecule has 0 aromatic carbocycles. The summed E-state index contributed by atoms with van der Waals surface area (Å²) in [5.41, 5.74) is 0. The molecule has 0 rings (SSSR count). The molecule has 0 aliphatic carbocycles. The first kappa shape index (κ1) is 69.9. The third-order valence-corrected chi connectivity index (χ3v) is 14.7. The zero-order chi connectivity index (χ0) is 52.2. The molecule has 0 aliphatic rings. The van der Waals surface area contributed by atoms with Gasteiger partial charge in [-0.2, -0.15) is 0 Å². The van der Waals surface area contributed by atoms with Crippen molar-refractivity contribution in [2.75, 3.05) is 13.2 Å². The number of hydrogen-bond acceptors (Lipinski definition) is 6. The van der Waals surface area contributed by atoms with E-state index in [2.05, 4.69) is 45.1 Å². The first-order valence-electron chi connectivity index (χ1n) is 32.3. The van der Waals surface area contributed by atoms with Crippen LogP contribution in [0.4, 0.5) is 0 Å². The maximum absolute atomic E-state index is 12.9. The molecular weight excluding hydrogens is 889 g/mol. The Labute approximate surface area is 449 Å². The molecule has 6 heteroatoms. The van der Waals surface area contributed by atoms with Crippen LogP contribution in [-0.4, -0.2) is 37.2 Å². The van der Waals surface area contributed by atoms with Gasteiger partial charge in [0.25, 0.3) is 0 Å². The minimum atomic E-state index is -0.769. The lowest BCUT2D eigenvalue weighted by Gasteiger charge is -2.18. The predicted molar refractivity (Wildman–Crippen MR) is 312 cm³/mol. The first-order chi connectivity index (χ1) is 35.5. The van der Waals surface area contributed by atoms with Gasteiger partial charge in [-0.1, -0.05) is 315 Å². The largest absolute Gasteiger partial charge is 0.462 e. The summed E-state index contributed by atoms with van der Waals surface area (Å²) in [6.45, 7) is 6.69. The van der Waals surface area contributed by atoms with E-state index in [9.17, 15) is 14.4 Å². The van der Waals surface area contributed by atoms with Gasteiger partial charge in [0.1, 0.15) is 13.2 Å². The highest BCUT2D eigenvalue weighted by Crippen LogP contribution is 2.18. The molecule has 0 spiro atoms. The average molecular weight is 1010 g/mol. The average Bonchev–Trinajstić information content (AvgIpc) is 3.38. The van der Waals surface area contributed by atoms with Crippen molar-refractivity contribution in [1.82, 2.24) is 0 Å². The lowest BCUT2D eigenvalue weighted by atomic mass is 10.0. The Morgan fingerprint density at radius 1 is 0.278 bits per heavy atom. The van der Waals surface area contributed by atoms with Crippen molar-refractivity contribution < 1.29 is 28.6 Å². The van der Waals surface area contributed by atoms with Crippen LogP contribution >= 0.6 is 0 Å². The van der Waals surface area contributed by atoms with E-state index in [4.69, 9.17) is 14.2 Å². The molecule has 0 saturated carbocycles. The van der Waals surface area contributed by atoms with Crippen LogP contribution < -0.4 is 0 Å². The SMILES string of the molecule is CCCCC/C=C/C/C=C/CCCCCCCCCCCC(=O)OC[C@@H](COC(=O)CCCCCCCCCCCCCCCCCC)OC(=O)CCCCCCCCCCCCCCCCCCCCC. The molecule has 0 fully saturated rings. The number of allylic oxidation sites excluding steroid dienone is 4. The highest BCUT2D eigenvalue weighted by atomic mass is 16.6.